The third kappa shape index (κ3) is 11.2. The third-order valence-corrected chi connectivity index (χ3v) is 15.4. The standard InChI is InChI=1S/C38H61NO7SSi/c1-26(2)23-33(39(35(42)46-37(7,8)9)47(43,44)30-18-15-27(3)16-19-30)32(25-34(40)41)31-20-17-29(36(4,5)6)24-28(31)21-22-45-48(13,14)38(10,11)12/h15-20,24,26,32-33H,21-23,25H2,1-14H3,(H,40,41)/t32?,33-/m1/s1. The summed E-state index contributed by atoms with van der Waals surface area (Å²) < 4.78 is 42.2. The van der Waals surface area contributed by atoms with Gasteiger partial charge < -0.3 is 14.3 Å². The van der Waals surface area contributed by atoms with Gasteiger partial charge in [-0.15, -0.1) is 0 Å². The van der Waals surface area contributed by atoms with Crippen LogP contribution < -0.4 is 0 Å². The fourth-order valence-corrected chi connectivity index (χ4v) is 7.95. The fraction of sp³-hybridized carbons (Fsp3) is 0.632. The molecule has 0 saturated carbocycles. The molecular formula is C38H61NO7SSi. The molecule has 2 atom stereocenters. The molecule has 48 heavy (non-hydrogen) atoms. The van der Waals surface area contributed by atoms with Crippen LogP contribution in [0.4, 0.5) is 4.79 Å². The molecule has 2 aromatic carbocycles. The van der Waals surface area contributed by atoms with E-state index in [0.29, 0.717) is 18.6 Å². The van der Waals surface area contributed by atoms with Gasteiger partial charge in [-0.3, -0.25) is 4.79 Å². The SMILES string of the molecule is Cc1ccc(S(=O)(=O)N(C(=O)OC(C)(C)C)[C@H](CC(C)C)C(CC(=O)O)c2ccc(C(C)(C)C)cc2CCO[Si](C)(C)C(C)(C)C)cc1. The lowest BCUT2D eigenvalue weighted by molar-refractivity contribution is -0.137. The molecule has 1 N–H and O–H groups in total. The Kier molecular flexibility index (Phi) is 13.4. The normalized spacial score (nSPS) is 14.5. The minimum absolute atomic E-state index is 0.00947. The lowest BCUT2D eigenvalue weighted by Crippen LogP contribution is -2.50. The van der Waals surface area contributed by atoms with Crippen molar-refractivity contribution in [1.29, 1.82) is 0 Å². The largest absolute Gasteiger partial charge is 0.481 e. The van der Waals surface area contributed by atoms with E-state index in [1.165, 1.54) is 12.1 Å². The number of aryl methyl sites for hydroxylation is 1. The minimum Gasteiger partial charge on any atom is -0.481 e. The Labute approximate surface area is 291 Å². The number of aliphatic carboxylic acids is 1. The molecule has 2 aromatic rings. The summed E-state index contributed by atoms with van der Waals surface area (Å²) in [4.78, 5) is 26.7. The van der Waals surface area contributed by atoms with Gasteiger partial charge in [-0.2, -0.15) is 4.31 Å². The lowest BCUT2D eigenvalue weighted by atomic mass is 9.78. The second-order valence-corrected chi connectivity index (χ2v) is 23.6. The molecule has 0 aliphatic rings. The summed E-state index contributed by atoms with van der Waals surface area (Å²) in [5, 5.41) is 10.3. The van der Waals surface area contributed by atoms with Crippen molar-refractivity contribution in [3.8, 4) is 0 Å². The van der Waals surface area contributed by atoms with E-state index < -0.39 is 48.0 Å². The average Bonchev–Trinajstić information content (AvgIpc) is 2.89. The Bertz CT molecular complexity index is 1510. The maximum Gasteiger partial charge on any atom is 0.424 e. The van der Waals surface area contributed by atoms with Crippen LogP contribution in [0, 0.1) is 12.8 Å². The molecule has 0 heterocycles. The highest BCUT2D eigenvalue weighted by atomic mass is 32.2. The van der Waals surface area contributed by atoms with Crippen LogP contribution in [0.5, 0.6) is 0 Å². The molecular weight excluding hydrogens is 643 g/mol. The van der Waals surface area contributed by atoms with Crippen LogP contribution in [-0.4, -0.2) is 56.5 Å². The Hall–Kier alpha value is -2.69. The van der Waals surface area contributed by atoms with Gasteiger partial charge in [-0.1, -0.05) is 91.3 Å². The number of benzene rings is 2. The molecule has 270 valence electrons. The average molecular weight is 704 g/mol. The van der Waals surface area contributed by atoms with E-state index in [0.717, 1.165) is 21.0 Å². The zero-order chi connectivity index (χ0) is 37.0. The quantitative estimate of drug-likeness (QED) is 0.207. The molecule has 1 amide bonds. The number of carbonyl (C=O) groups excluding carboxylic acids is 1. The number of hydrogen-bond donors (Lipinski definition) is 1. The summed E-state index contributed by atoms with van der Waals surface area (Å²) in [6, 6.07) is 11.3. The molecule has 0 aliphatic heterocycles. The predicted molar refractivity (Wildman–Crippen MR) is 197 cm³/mol. The van der Waals surface area contributed by atoms with Crippen molar-refractivity contribution < 1.29 is 32.3 Å². The summed E-state index contributed by atoms with van der Waals surface area (Å²) in [6.07, 6.45) is -0.681. The number of ether oxygens (including phenoxy) is 1. The monoisotopic (exact) mass is 703 g/mol. The zero-order valence-corrected chi connectivity index (χ0v) is 33.7. The Morgan fingerprint density at radius 3 is 1.94 bits per heavy atom. The van der Waals surface area contributed by atoms with E-state index in [9.17, 15) is 23.1 Å². The van der Waals surface area contributed by atoms with E-state index in [1.807, 2.05) is 32.9 Å². The minimum atomic E-state index is -4.47. The van der Waals surface area contributed by atoms with Gasteiger partial charge in [0.2, 0.25) is 0 Å². The number of sulfonamides is 1. The van der Waals surface area contributed by atoms with Crippen LogP contribution in [0.2, 0.25) is 18.1 Å². The summed E-state index contributed by atoms with van der Waals surface area (Å²) in [7, 11) is -6.56. The number of amides is 1. The van der Waals surface area contributed by atoms with Crippen molar-refractivity contribution in [2.45, 2.75) is 148 Å². The first-order valence-electron chi connectivity index (χ1n) is 17.0. The summed E-state index contributed by atoms with van der Waals surface area (Å²) in [6.45, 7) is 28.5. The van der Waals surface area contributed by atoms with Crippen molar-refractivity contribution in [2.24, 2.45) is 5.92 Å². The predicted octanol–water partition coefficient (Wildman–Crippen LogP) is 9.46. The second kappa shape index (κ2) is 15.5. The number of carbonyl (C=O) groups is 2. The molecule has 1 unspecified atom stereocenters. The number of carboxylic acids is 1. The molecule has 0 fully saturated rings. The Morgan fingerprint density at radius 2 is 1.48 bits per heavy atom. The van der Waals surface area contributed by atoms with Crippen LogP contribution in [0.3, 0.4) is 0 Å². The molecule has 10 heteroatoms. The first-order chi connectivity index (χ1) is 21.7. The molecule has 0 spiro atoms. The van der Waals surface area contributed by atoms with Crippen molar-refractivity contribution in [3.05, 3.63) is 64.7 Å². The summed E-state index contributed by atoms with van der Waals surface area (Å²) >= 11 is 0. The Morgan fingerprint density at radius 1 is 0.917 bits per heavy atom. The van der Waals surface area contributed by atoms with Crippen LogP contribution in [-0.2, 0) is 35.8 Å². The van der Waals surface area contributed by atoms with Crippen molar-refractivity contribution in [1.82, 2.24) is 4.31 Å². The smallest absolute Gasteiger partial charge is 0.424 e. The van der Waals surface area contributed by atoms with Gasteiger partial charge in [0.25, 0.3) is 10.0 Å². The van der Waals surface area contributed by atoms with Crippen molar-refractivity contribution >= 4 is 30.4 Å². The molecule has 0 saturated heterocycles. The molecule has 0 aromatic heterocycles. The first kappa shape index (κ1) is 41.5. The van der Waals surface area contributed by atoms with Gasteiger partial charge in [0, 0.05) is 12.5 Å². The van der Waals surface area contributed by atoms with E-state index >= 15 is 0 Å². The molecule has 0 radical (unpaired) electrons. The van der Waals surface area contributed by atoms with Gasteiger partial charge in [0.15, 0.2) is 8.32 Å². The molecule has 0 aliphatic carbocycles. The van der Waals surface area contributed by atoms with E-state index in [4.69, 9.17) is 9.16 Å². The number of hydrogen-bond acceptors (Lipinski definition) is 6. The van der Waals surface area contributed by atoms with Crippen LogP contribution in [0.1, 0.15) is 117 Å². The van der Waals surface area contributed by atoms with Gasteiger partial charge in [0.05, 0.1) is 17.4 Å². The van der Waals surface area contributed by atoms with Crippen molar-refractivity contribution in [2.75, 3.05) is 6.61 Å². The summed E-state index contributed by atoms with van der Waals surface area (Å²) in [5.41, 5.74) is 2.33. The fourth-order valence-electron chi connectivity index (χ4n) is 5.37. The maximum atomic E-state index is 14.5. The second-order valence-electron chi connectivity index (χ2n) is 17.0. The maximum absolute atomic E-state index is 14.5. The van der Waals surface area contributed by atoms with Gasteiger partial charge in [-0.05, 0) is 98.8 Å². The van der Waals surface area contributed by atoms with Gasteiger partial charge >= 0.3 is 12.1 Å². The number of rotatable bonds is 13. The van der Waals surface area contributed by atoms with E-state index in [1.54, 1.807) is 32.9 Å². The zero-order valence-electron chi connectivity index (χ0n) is 31.9. The van der Waals surface area contributed by atoms with Crippen LogP contribution in [0.25, 0.3) is 0 Å². The highest BCUT2D eigenvalue weighted by Gasteiger charge is 2.44. The van der Waals surface area contributed by atoms with Crippen LogP contribution >= 0.6 is 0 Å². The molecule has 8 nitrogen and oxygen atoms in total. The van der Waals surface area contributed by atoms with Crippen LogP contribution in [0.15, 0.2) is 47.4 Å². The van der Waals surface area contributed by atoms with Gasteiger partial charge in [0.1, 0.15) is 5.60 Å². The van der Waals surface area contributed by atoms with Crippen molar-refractivity contribution in [3.63, 3.8) is 0 Å². The highest BCUT2D eigenvalue weighted by Crippen LogP contribution is 2.40. The molecule has 2 rings (SSSR count). The first-order valence-corrected chi connectivity index (χ1v) is 21.4. The topological polar surface area (TPSA) is 110 Å². The lowest BCUT2D eigenvalue weighted by Gasteiger charge is -2.39. The Balaban J connectivity index is 2.91. The highest BCUT2D eigenvalue weighted by molar-refractivity contribution is 7.89. The molecule has 0 bridgehead atoms. The van der Waals surface area contributed by atoms with E-state index in [-0.39, 0.29) is 34.1 Å². The summed E-state index contributed by atoms with van der Waals surface area (Å²) in [5.74, 6) is -2.04. The van der Waals surface area contributed by atoms with E-state index in [2.05, 4.69) is 60.7 Å². The number of nitrogens with zero attached hydrogens (tertiary/aromatic N) is 1. The third-order valence-electron chi connectivity index (χ3n) is 9.07. The van der Waals surface area contributed by atoms with Gasteiger partial charge in [-0.25, -0.2) is 13.2 Å². The number of carboxylic acid groups (broad SMARTS) is 1.